The first-order valence-electron chi connectivity index (χ1n) is 6.55. The number of rotatable bonds is 3. The zero-order chi connectivity index (χ0) is 12.5. The molecular weight excluding hydrogens is 228 g/mol. The quantitative estimate of drug-likeness (QED) is 0.750. The van der Waals surface area contributed by atoms with Crippen molar-refractivity contribution in [3.8, 4) is 0 Å². The lowest BCUT2D eigenvalue weighted by atomic mass is 9.82. The fraction of sp³-hybridized carbons (Fsp3) is 0.500. The predicted octanol–water partition coefficient (Wildman–Crippen LogP) is 1.16. The number of nitrogens with one attached hydrogen (secondary N) is 2. The number of aliphatic hydroxyl groups is 1. The van der Waals surface area contributed by atoms with E-state index in [9.17, 15) is 9.90 Å². The molecule has 18 heavy (non-hydrogen) atoms. The molecule has 3 rings (SSSR count). The molecule has 1 aromatic carbocycles. The normalized spacial score (nSPS) is 24.9. The summed E-state index contributed by atoms with van der Waals surface area (Å²) in [6, 6.07) is 5.83. The van der Waals surface area contributed by atoms with E-state index in [1.807, 2.05) is 18.2 Å². The SMILES string of the molecule is O=C(NCC1CC(O)C1)c1ccc2c(c1)NCC2. The van der Waals surface area contributed by atoms with Crippen LogP contribution >= 0.6 is 0 Å². The molecule has 3 N–H and O–H groups in total. The van der Waals surface area contributed by atoms with Crippen molar-refractivity contribution < 1.29 is 9.90 Å². The second-order valence-electron chi connectivity index (χ2n) is 5.25. The van der Waals surface area contributed by atoms with E-state index in [-0.39, 0.29) is 12.0 Å². The fourth-order valence-corrected chi connectivity index (χ4v) is 2.64. The van der Waals surface area contributed by atoms with E-state index < -0.39 is 0 Å². The summed E-state index contributed by atoms with van der Waals surface area (Å²) in [5.41, 5.74) is 3.08. The summed E-state index contributed by atoms with van der Waals surface area (Å²) in [6.45, 7) is 1.63. The second kappa shape index (κ2) is 4.61. The van der Waals surface area contributed by atoms with Crippen LogP contribution in [-0.2, 0) is 6.42 Å². The van der Waals surface area contributed by atoms with Crippen molar-refractivity contribution in [2.45, 2.75) is 25.4 Å². The van der Waals surface area contributed by atoms with Crippen LogP contribution in [0.15, 0.2) is 18.2 Å². The number of aliphatic hydroxyl groups excluding tert-OH is 1. The maximum absolute atomic E-state index is 12.0. The molecule has 0 aromatic heterocycles. The molecule has 4 nitrogen and oxygen atoms in total. The predicted molar refractivity (Wildman–Crippen MR) is 69.7 cm³/mol. The van der Waals surface area contributed by atoms with Crippen LogP contribution in [0.25, 0.3) is 0 Å². The molecule has 1 aliphatic heterocycles. The van der Waals surface area contributed by atoms with Crippen LogP contribution in [0.2, 0.25) is 0 Å². The third kappa shape index (κ3) is 2.20. The highest BCUT2D eigenvalue weighted by Crippen LogP contribution is 2.26. The van der Waals surface area contributed by atoms with Gasteiger partial charge in [-0.15, -0.1) is 0 Å². The van der Waals surface area contributed by atoms with Gasteiger partial charge in [0.2, 0.25) is 0 Å². The monoisotopic (exact) mass is 246 g/mol. The average molecular weight is 246 g/mol. The molecule has 1 saturated carbocycles. The highest BCUT2D eigenvalue weighted by molar-refractivity contribution is 5.95. The van der Waals surface area contributed by atoms with Crippen LogP contribution in [-0.4, -0.2) is 30.2 Å². The Kier molecular flexibility index (Phi) is 2.96. The van der Waals surface area contributed by atoms with E-state index in [1.54, 1.807) is 0 Å². The average Bonchev–Trinajstić information content (AvgIpc) is 2.79. The first kappa shape index (κ1) is 11.5. The maximum atomic E-state index is 12.0. The summed E-state index contributed by atoms with van der Waals surface area (Å²) in [5.74, 6) is 0.421. The topological polar surface area (TPSA) is 61.4 Å². The number of anilines is 1. The molecule has 96 valence electrons. The zero-order valence-corrected chi connectivity index (χ0v) is 10.3. The highest BCUT2D eigenvalue weighted by atomic mass is 16.3. The van der Waals surface area contributed by atoms with Crippen molar-refractivity contribution in [1.29, 1.82) is 0 Å². The van der Waals surface area contributed by atoms with Gasteiger partial charge in [-0.2, -0.15) is 0 Å². The van der Waals surface area contributed by atoms with E-state index >= 15 is 0 Å². The third-order valence-corrected chi connectivity index (χ3v) is 3.84. The van der Waals surface area contributed by atoms with Gasteiger partial charge in [0.1, 0.15) is 0 Å². The summed E-state index contributed by atoms with van der Waals surface area (Å²) in [4.78, 5) is 12.0. The lowest BCUT2D eigenvalue weighted by Crippen LogP contribution is -2.38. The van der Waals surface area contributed by atoms with E-state index in [4.69, 9.17) is 0 Å². The van der Waals surface area contributed by atoms with Crippen molar-refractivity contribution in [2.24, 2.45) is 5.92 Å². The number of carbonyl (C=O) groups excluding carboxylic acids is 1. The standard InChI is InChI=1S/C14H18N2O2/c17-12-5-9(6-12)8-16-14(18)11-2-1-10-3-4-15-13(10)7-11/h1-2,7,9,12,15,17H,3-6,8H2,(H,16,18). The summed E-state index contributed by atoms with van der Waals surface area (Å²) < 4.78 is 0. The van der Waals surface area contributed by atoms with Gasteiger partial charge >= 0.3 is 0 Å². The number of hydrogen-bond acceptors (Lipinski definition) is 3. The highest BCUT2D eigenvalue weighted by Gasteiger charge is 2.27. The molecule has 1 fully saturated rings. The summed E-state index contributed by atoms with van der Waals surface area (Å²) in [5, 5.41) is 15.4. The van der Waals surface area contributed by atoms with Gasteiger partial charge in [-0.1, -0.05) is 6.07 Å². The van der Waals surface area contributed by atoms with E-state index in [1.165, 1.54) is 5.56 Å². The van der Waals surface area contributed by atoms with Crippen LogP contribution in [0.3, 0.4) is 0 Å². The molecule has 1 amide bonds. The molecule has 0 saturated heterocycles. The van der Waals surface area contributed by atoms with E-state index in [0.29, 0.717) is 18.0 Å². The summed E-state index contributed by atoms with van der Waals surface area (Å²) >= 11 is 0. The van der Waals surface area contributed by atoms with E-state index in [2.05, 4.69) is 10.6 Å². The number of carbonyl (C=O) groups is 1. The Balaban J connectivity index is 1.58. The van der Waals surface area contributed by atoms with Crippen molar-refractivity contribution in [1.82, 2.24) is 5.32 Å². The van der Waals surface area contributed by atoms with Gasteiger partial charge in [-0.25, -0.2) is 0 Å². The molecule has 2 aliphatic rings. The van der Waals surface area contributed by atoms with Crippen LogP contribution < -0.4 is 10.6 Å². The second-order valence-corrected chi connectivity index (χ2v) is 5.25. The molecule has 0 spiro atoms. The minimum Gasteiger partial charge on any atom is -0.393 e. The van der Waals surface area contributed by atoms with Crippen LogP contribution in [0.4, 0.5) is 5.69 Å². The summed E-state index contributed by atoms with van der Waals surface area (Å²) in [6.07, 6.45) is 2.51. The molecular formula is C14H18N2O2. The molecule has 4 heteroatoms. The minimum atomic E-state index is -0.156. The molecule has 0 unspecified atom stereocenters. The molecule has 0 bridgehead atoms. The number of benzene rings is 1. The van der Waals surface area contributed by atoms with Gasteiger partial charge in [-0.05, 0) is 42.9 Å². The summed E-state index contributed by atoms with van der Waals surface area (Å²) in [7, 11) is 0. The lowest BCUT2D eigenvalue weighted by Gasteiger charge is -2.31. The van der Waals surface area contributed by atoms with E-state index in [0.717, 1.165) is 31.5 Å². The fourth-order valence-electron chi connectivity index (χ4n) is 2.64. The van der Waals surface area contributed by atoms with Crippen LogP contribution in [0.1, 0.15) is 28.8 Å². The van der Waals surface area contributed by atoms with Crippen molar-refractivity contribution >= 4 is 11.6 Å². The minimum absolute atomic E-state index is 0.0205. The Labute approximate surface area is 106 Å². The van der Waals surface area contributed by atoms with Crippen molar-refractivity contribution in [2.75, 3.05) is 18.4 Å². The largest absolute Gasteiger partial charge is 0.393 e. The first-order valence-corrected chi connectivity index (χ1v) is 6.55. The van der Waals surface area contributed by atoms with Gasteiger partial charge in [0, 0.05) is 24.3 Å². The number of fused-ring (bicyclic) bond motifs is 1. The van der Waals surface area contributed by atoms with Crippen molar-refractivity contribution in [3.63, 3.8) is 0 Å². The third-order valence-electron chi connectivity index (χ3n) is 3.84. The van der Waals surface area contributed by atoms with Gasteiger partial charge in [0.25, 0.3) is 5.91 Å². The Bertz CT molecular complexity index is 467. The maximum Gasteiger partial charge on any atom is 0.251 e. The van der Waals surface area contributed by atoms with Crippen molar-refractivity contribution in [3.05, 3.63) is 29.3 Å². The molecule has 0 radical (unpaired) electrons. The molecule has 0 atom stereocenters. The van der Waals surface area contributed by atoms with Gasteiger partial charge in [0.05, 0.1) is 6.10 Å². The molecule has 1 aromatic rings. The lowest BCUT2D eigenvalue weighted by molar-refractivity contribution is 0.0420. The van der Waals surface area contributed by atoms with Crippen LogP contribution in [0, 0.1) is 5.92 Å². The van der Waals surface area contributed by atoms with Gasteiger partial charge in [0.15, 0.2) is 0 Å². The van der Waals surface area contributed by atoms with Gasteiger partial charge < -0.3 is 15.7 Å². The Morgan fingerprint density at radius 2 is 2.28 bits per heavy atom. The smallest absolute Gasteiger partial charge is 0.251 e. The van der Waals surface area contributed by atoms with Gasteiger partial charge in [-0.3, -0.25) is 4.79 Å². The molecule has 1 heterocycles. The Morgan fingerprint density at radius 3 is 3.06 bits per heavy atom. The van der Waals surface area contributed by atoms with Crippen LogP contribution in [0.5, 0.6) is 0 Å². The number of hydrogen-bond donors (Lipinski definition) is 3. The Morgan fingerprint density at radius 1 is 1.44 bits per heavy atom. The molecule has 1 aliphatic carbocycles. The zero-order valence-electron chi connectivity index (χ0n) is 10.3. The Hall–Kier alpha value is -1.55. The first-order chi connectivity index (χ1) is 8.72. The number of amides is 1.